The molecular formula is C17H26N4O2S. The zero-order chi connectivity index (χ0) is 17.4. The van der Waals surface area contributed by atoms with E-state index in [1.807, 2.05) is 23.9 Å². The van der Waals surface area contributed by atoms with Crippen LogP contribution in [0.2, 0.25) is 0 Å². The predicted molar refractivity (Wildman–Crippen MR) is 99.6 cm³/mol. The highest BCUT2D eigenvalue weighted by atomic mass is 32.2. The Bertz CT molecular complexity index is 544. The third-order valence-corrected chi connectivity index (χ3v) is 4.96. The smallest absolute Gasteiger partial charge is 0.321 e. The summed E-state index contributed by atoms with van der Waals surface area (Å²) in [6.45, 7) is 5.18. The average molecular weight is 350 g/mol. The van der Waals surface area contributed by atoms with Gasteiger partial charge < -0.3 is 15.5 Å². The van der Waals surface area contributed by atoms with Gasteiger partial charge in [0.25, 0.3) is 0 Å². The number of hydrogen-bond acceptors (Lipinski definition) is 5. The normalized spacial score (nSPS) is 16.2. The Balaban J connectivity index is 1.78. The summed E-state index contributed by atoms with van der Waals surface area (Å²) in [6.07, 6.45) is 1.04. The van der Waals surface area contributed by atoms with Gasteiger partial charge in [0.05, 0.1) is 0 Å². The molecule has 132 valence electrons. The third kappa shape index (κ3) is 6.05. The number of nitrogens with one attached hydrogen (secondary N) is 3. The second-order valence-corrected chi connectivity index (χ2v) is 7.06. The Hall–Kier alpha value is -1.73. The number of rotatable bonds is 6. The fraction of sp³-hybridized carbons (Fsp3) is 0.529. The lowest BCUT2D eigenvalue weighted by atomic mass is 10.1. The fourth-order valence-electron chi connectivity index (χ4n) is 2.48. The summed E-state index contributed by atoms with van der Waals surface area (Å²) in [7, 11) is 1.47. The van der Waals surface area contributed by atoms with E-state index in [4.69, 9.17) is 0 Å². The van der Waals surface area contributed by atoms with Crippen LogP contribution < -0.4 is 16.0 Å². The molecule has 0 aromatic heterocycles. The van der Waals surface area contributed by atoms with Gasteiger partial charge in [-0.3, -0.25) is 10.1 Å². The first-order valence-electron chi connectivity index (χ1n) is 8.26. The molecule has 0 saturated carbocycles. The number of anilines is 1. The molecule has 1 saturated heterocycles. The predicted octanol–water partition coefficient (Wildman–Crippen LogP) is 1.53. The number of urea groups is 1. The minimum atomic E-state index is -0.500. The summed E-state index contributed by atoms with van der Waals surface area (Å²) >= 11 is 2.03. The maximum Gasteiger partial charge on any atom is 0.321 e. The third-order valence-electron chi connectivity index (χ3n) is 4.01. The highest BCUT2D eigenvalue weighted by Crippen LogP contribution is 2.13. The molecule has 1 fully saturated rings. The molecule has 1 aliphatic heterocycles. The van der Waals surface area contributed by atoms with Gasteiger partial charge in [0, 0.05) is 43.9 Å². The van der Waals surface area contributed by atoms with Crippen molar-refractivity contribution in [2.45, 2.75) is 19.4 Å². The molecule has 1 aromatic rings. The molecule has 0 bridgehead atoms. The van der Waals surface area contributed by atoms with Crippen LogP contribution in [0.4, 0.5) is 10.5 Å². The van der Waals surface area contributed by atoms with Crippen LogP contribution in [0.3, 0.4) is 0 Å². The van der Waals surface area contributed by atoms with Crippen molar-refractivity contribution in [2.24, 2.45) is 0 Å². The summed E-state index contributed by atoms with van der Waals surface area (Å²) in [4.78, 5) is 25.5. The van der Waals surface area contributed by atoms with E-state index in [1.165, 1.54) is 37.2 Å². The van der Waals surface area contributed by atoms with E-state index in [9.17, 15) is 9.59 Å². The molecular weight excluding hydrogens is 324 g/mol. The number of benzene rings is 1. The summed E-state index contributed by atoms with van der Waals surface area (Å²) < 4.78 is 0. The Kier molecular flexibility index (Phi) is 7.39. The Labute approximate surface area is 147 Å². The quantitative estimate of drug-likeness (QED) is 0.726. The Morgan fingerprint density at radius 1 is 1.21 bits per heavy atom. The molecule has 1 atom stereocenters. The second-order valence-electron chi connectivity index (χ2n) is 5.84. The minimum Gasteiger partial charge on any atom is -0.374 e. The molecule has 2 rings (SSSR count). The van der Waals surface area contributed by atoms with E-state index in [2.05, 4.69) is 33.0 Å². The number of hydrogen-bond donors (Lipinski definition) is 3. The topological polar surface area (TPSA) is 73.5 Å². The van der Waals surface area contributed by atoms with Gasteiger partial charge in [-0.05, 0) is 31.0 Å². The lowest BCUT2D eigenvalue weighted by Gasteiger charge is -2.26. The summed E-state index contributed by atoms with van der Waals surface area (Å²) in [6, 6.07) is 7.14. The maximum atomic E-state index is 11.8. The van der Waals surface area contributed by atoms with E-state index in [0.29, 0.717) is 0 Å². The molecule has 3 amide bonds. The lowest BCUT2D eigenvalue weighted by molar-refractivity contribution is -0.120. The largest absolute Gasteiger partial charge is 0.374 e. The monoisotopic (exact) mass is 350 g/mol. The van der Waals surface area contributed by atoms with E-state index in [-0.39, 0.29) is 5.91 Å². The number of amides is 3. The van der Waals surface area contributed by atoms with E-state index in [1.54, 1.807) is 6.92 Å². The molecule has 0 aliphatic carbocycles. The van der Waals surface area contributed by atoms with Crippen LogP contribution in [0.1, 0.15) is 12.5 Å². The molecule has 0 spiro atoms. The van der Waals surface area contributed by atoms with Gasteiger partial charge in [-0.15, -0.1) is 0 Å². The van der Waals surface area contributed by atoms with Crippen molar-refractivity contribution in [3.05, 3.63) is 29.8 Å². The summed E-state index contributed by atoms with van der Waals surface area (Å²) in [5.41, 5.74) is 2.16. The molecule has 3 N–H and O–H groups in total. The first kappa shape index (κ1) is 18.6. The van der Waals surface area contributed by atoms with Crippen molar-refractivity contribution >= 4 is 29.4 Å². The molecule has 1 aliphatic rings. The van der Waals surface area contributed by atoms with Gasteiger partial charge >= 0.3 is 6.03 Å². The van der Waals surface area contributed by atoms with Gasteiger partial charge in [-0.25, -0.2) is 4.79 Å². The van der Waals surface area contributed by atoms with Crippen LogP contribution in [0.5, 0.6) is 0 Å². The Morgan fingerprint density at radius 3 is 2.50 bits per heavy atom. The standard InChI is InChI=1S/C17H26N4O2S/c1-13(16(22)20-17(23)18-2)19-15-5-3-14(4-6-15)7-8-21-9-11-24-12-10-21/h3-6,13,19H,7-12H2,1-2H3,(H2,18,20,22,23)/t13-/m1/s1. The van der Waals surface area contributed by atoms with Crippen LogP contribution >= 0.6 is 11.8 Å². The summed E-state index contributed by atoms with van der Waals surface area (Å²) in [5, 5.41) is 7.72. The molecule has 24 heavy (non-hydrogen) atoms. The molecule has 7 heteroatoms. The van der Waals surface area contributed by atoms with Gasteiger partial charge in [-0.2, -0.15) is 11.8 Å². The van der Waals surface area contributed by atoms with Gasteiger partial charge in [0.2, 0.25) is 5.91 Å². The number of thioether (sulfide) groups is 1. The SMILES string of the molecule is CNC(=O)NC(=O)[C@@H](C)Nc1ccc(CCN2CCSCC2)cc1. The molecule has 6 nitrogen and oxygen atoms in total. The number of nitrogens with zero attached hydrogens (tertiary/aromatic N) is 1. The molecule has 0 radical (unpaired) electrons. The molecule has 1 aromatic carbocycles. The average Bonchev–Trinajstić information content (AvgIpc) is 2.61. The fourth-order valence-corrected chi connectivity index (χ4v) is 3.46. The van der Waals surface area contributed by atoms with E-state index >= 15 is 0 Å². The highest BCUT2D eigenvalue weighted by molar-refractivity contribution is 7.99. The van der Waals surface area contributed by atoms with Crippen molar-refractivity contribution < 1.29 is 9.59 Å². The lowest BCUT2D eigenvalue weighted by Crippen LogP contribution is -2.44. The summed E-state index contributed by atoms with van der Waals surface area (Å²) in [5.74, 6) is 2.11. The van der Waals surface area contributed by atoms with Gasteiger partial charge in [-0.1, -0.05) is 12.1 Å². The van der Waals surface area contributed by atoms with Gasteiger partial charge in [0.15, 0.2) is 0 Å². The molecule has 0 unspecified atom stereocenters. The highest BCUT2D eigenvalue weighted by Gasteiger charge is 2.15. The van der Waals surface area contributed by atoms with Crippen molar-refractivity contribution in [3.63, 3.8) is 0 Å². The van der Waals surface area contributed by atoms with Crippen molar-refractivity contribution in [3.8, 4) is 0 Å². The number of imide groups is 1. The van der Waals surface area contributed by atoms with Crippen molar-refractivity contribution in [1.29, 1.82) is 0 Å². The number of carbonyl (C=O) groups excluding carboxylic acids is 2. The minimum absolute atomic E-state index is 0.360. The molecule has 1 heterocycles. The van der Waals surface area contributed by atoms with E-state index < -0.39 is 12.1 Å². The zero-order valence-corrected chi connectivity index (χ0v) is 15.1. The van der Waals surface area contributed by atoms with Gasteiger partial charge in [0.1, 0.15) is 6.04 Å². The maximum absolute atomic E-state index is 11.8. The van der Waals surface area contributed by atoms with Crippen LogP contribution in [0.15, 0.2) is 24.3 Å². The first-order chi connectivity index (χ1) is 11.6. The van der Waals surface area contributed by atoms with Crippen LogP contribution in [0, 0.1) is 0 Å². The van der Waals surface area contributed by atoms with Crippen molar-refractivity contribution in [2.75, 3.05) is 43.5 Å². The number of carbonyl (C=O) groups is 2. The first-order valence-corrected chi connectivity index (χ1v) is 9.42. The Morgan fingerprint density at radius 2 is 1.88 bits per heavy atom. The van der Waals surface area contributed by atoms with Crippen LogP contribution in [-0.2, 0) is 11.2 Å². The van der Waals surface area contributed by atoms with Crippen LogP contribution in [0.25, 0.3) is 0 Å². The van der Waals surface area contributed by atoms with Crippen molar-refractivity contribution in [1.82, 2.24) is 15.5 Å². The van der Waals surface area contributed by atoms with E-state index in [0.717, 1.165) is 18.7 Å². The van der Waals surface area contributed by atoms with Crippen LogP contribution in [-0.4, -0.2) is 61.1 Å². The zero-order valence-electron chi connectivity index (χ0n) is 14.3. The second kappa shape index (κ2) is 9.54.